The van der Waals surface area contributed by atoms with Crippen molar-refractivity contribution in [3.8, 4) is 17.1 Å². The normalized spacial score (nSPS) is 10.2. The first-order chi connectivity index (χ1) is 9.26. The standard InChI is InChI=1S/C14H15NO4/c1-3-17-12-8-6-5-7-10(12)13-9-11(15-19-13)14(16)18-4-2/h5-9H,3-4H2,1-2H3. The van der Waals surface area contributed by atoms with Gasteiger partial charge >= 0.3 is 5.97 Å². The number of esters is 1. The summed E-state index contributed by atoms with van der Waals surface area (Å²) in [6, 6.07) is 8.98. The van der Waals surface area contributed by atoms with Gasteiger partial charge < -0.3 is 14.0 Å². The maximum absolute atomic E-state index is 11.5. The van der Waals surface area contributed by atoms with Crippen LogP contribution in [0.4, 0.5) is 0 Å². The Labute approximate surface area is 111 Å². The van der Waals surface area contributed by atoms with Crippen molar-refractivity contribution in [2.45, 2.75) is 13.8 Å². The van der Waals surface area contributed by atoms with E-state index < -0.39 is 5.97 Å². The number of para-hydroxylation sites is 1. The maximum Gasteiger partial charge on any atom is 0.360 e. The first kappa shape index (κ1) is 13.1. The number of ether oxygens (including phenoxy) is 2. The van der Waals surface area contributed by atoms with Gasteiger partial charge in [0.25, 0.3) is 0 Å². The van der Waals surface area contributed by atoms with Gasteiger partial charge in [0.15, 0.2) is 11.5 Å². The molecule has 0 atom stereocenters. The molecule has 0 unspecified atom stereocenters. The lowest BCUT2D eigenvalue weighted by Crippen LogP contribution is -2.04. The summed E-state index contributed by atoms with van der Waals surface area (Å²) in [5, 5.41) is 3.71. The molecule has 0 N–H and O–H groups in total. The third kappa shape index (κ3) is 2.93. The van der Waals surface area contributed by atoms with Crippen molar-refractivity contribution in [1.82, 2.24) is 5.16 Å². The van der Waals surface area contributed by atoms with E-state index in [0.29, 0.717) is 24.7 Å². The highest BCUT2D eigenvalue weighted by atomic mass is 16.5. The number of nitrogens with zero attached hydrogens (tertiary/aromatic N) is 1. The van der Waals surface area contributed by atoms with Gasteiger partial charge in [-0.25, -0.2) is 4.79 Å². The molecule has 0 radical (unpaired) electrons. The quantitative estimate of drug-likeness (QED) is 0.774. The highest BCUT2D eigenvalue weighted by Crippen LogP contribution is 2.30. The van der Waals surface area contributed by atoms with E-state index >= 15 is 0 Å². The van der Waals surface area contributed by atoms with Gasteiger partial charge in [0.1, 0.15) is 5.75 Å². The number of rotatable bonds is 5. The fourth-order valence-corrected chi connectivity index (χ4v) is 1.65. The lowest BCUT2D eigenvalue weighted by atomic mass is 10.1. The minimum Gasteiger partial charge on any atom is -0.493 e. The Morgan fingerprint density at radius 2 is 2.05 bits per heavy atom. The minimum absolute atomic E-state index is 0.156. The molecule has 1 aromatic heterocycles. The van der Waals surface area contributed by atoms with E-state index in [-0.39, 0.29) is 5.69 Å². The molecule has 0 bridgehead atoms. The molecule has 2 rings (SSSR count). The molecule has 1 heterocycles. The summed E-state index contributed by atoms with van der Waals surface area (Å²) in [5.74, 6) is 0.676. The Morgan fingerprint density at radius 1 is 1.26 bits per heavy atom. The Kier molecular flexibility index (Phi) is 4.18. The van der Waals surface area contributed by atoms with Gasteiger partial charge in [-0.1, -0.05) is 17.3 Å². The lowest BCUT2D eigenvalue weighted by Gasteiger charge is -2.06. The van der Waals surface area contributed by atoms with Gasteiger partial charge in [-0.05, 0) is 26.0 Å². The molecule has 0 spiro atoms. The van der Waals surface area contributed by atoms with Gasteiger partial charge in [-0.15, -0.1) is 0 Å². The summed E-state index contributed by atoms with van der Waals surface area (Å²) in [4.78, 5) is 11.5. The van der Waals surface area contributed by atoms with Gasteiger partial charge in [0.05, 0.1) is 18.8 Å². The summed E-state index contributed by atoms with van der Waals surface area (Å²) in [5.41, 5.74) is 0.913. The molecule has 5 heteroatoms. The average Bonchev–Trinajstić information content (AvgIpc) is 2.90. The van der Waals surface area contributed by atoms with Gasteiger partial charge in [-0.2, -0.15) is 0 Å². The van der Waals surface area contributed by atoms with E-state index in [2.05, 4.69) is 5.16 Å². The molecule has 0 aliphatic rings. The van der Waals surface area contributed by atoms with Crippen LogP contribution in [0.1, 0.15) is 24.3 Å². The second-order valence-electron chi connectivity index (χ2n) is 3.73. The van der Waals surface area contributed by atoms with Crippen LogP contribution in [0.25, 0.3) is 11.3 Å². The van der Waals surface area contributed by atoms with Gasteiger partial charge in [-0.3, -0.25) is 0 Å². The van der Waals surface area contributed by atoms with Crippen molar-refractivity contribution in [2.75, 3.05) is 13.2 Å². The number of carbonyl (C=O) groups excluding carboxylic acids is 1. The van der Waals surface area contributed by atoms with Crippen molar-refractivity contribution in [3.05, 3.63) is 36.0 Å². The van der Waals surface area contributed by atoms with Crippen molar-refractivity contribution in [2.24, 2.45) is 0 Å². The summed E-state index contributed by atoms with van der Waals surface area (Å²) >= 11 is 0. The van der Waals surface area contributed by atoms with E-state index in [0.717, 1.165) is 5.56 Å². The van der Waals surface area contributed by atoms with Gasteiger partial charge in [0.2, 0.25) is 0 Å². The maximum atomic E-state index is 11.5. The summed E-state index contributed by atoms with van der Waals surface area (Å²) < 4.78 is 15.5. The van der Waals surface area contributed by atoms with E-state index in [1.165, 1.54) is 0 Å². The molecule has 0 fully saturated rings. The summed E-state index contributed by atoms with van der Waals surface area (Å²) in [6.45, 7) is 4.50. The zero-order chi connectivity index (χ0) is 13.7. The molecule has 0 saturated carbocycles. The number of hydrogen-bond donors (Lipinski definition) is 0. The number of aromatic nitrogens is 1. The van der Waals surface area contributed by atoms with Crippen LogP contribution in [0.5, 0.6) is 5.75 Å². The third-order valence-corrected chi connectivity index (χ3v) is 2.45. The first-order valence-corrected chi connectivity index (χ1v) is 6.12. The molecule has 5 nitrogen and oxygen atoms in total. The highest BCUT2D eigenvalue weighted by Gasteiger charge is 2.16. The lowest BCUT2D eigenvalue weighted by molar-refractivity contribution is 0.0514. The van der Waals surface area contributed by atoms with Crippen LogP contribution in [0, 0.1) is 0 Å². The molecule has 100 valence electrons. The van der Waals surface area contributed by atoms with E-state index in [4.69, 9.17) is 14.0 Å². The monoisotopic (exact) mass is 261 g/mol. The number of hydrogen-bond acceptors (Lipinski definition) is 5. The van der Waals surface area contributed by atoms with Crippen LogP contribution in [-0.4, -0.2) is 24.3 Å². The van der Waals surface area contributed by atoms with E-state index in [9.17, 15) is 4.79 Å². The minimum atomic E-state index is -0.494. The number of benzene rings is 1. The predicted octanol–water partition coefficient (Wildman–Crippen LogP) is 2.92. The molecule has 0 amide bonds. The Hall–Kier alpha value is -2.30. The Morgan fingerprint density at radius 3 is 2.79 bits per heavy atom. The molecule has 0 aliphatic carbocycles. The molecular weight excluding hydrogens is 246 g/mol. The van der Waals surface area contributed by atoms with Crippen molar-refractivity contribution in [1.29, 1.82) is 0 Å². The van der Waals surface area contributed by atoms with Gasteiger partial charge in [0, 0.05) is 6.07 Å². The van der Waals surface area contributed by atoms with Crippen LogP contribution in [0.3, 0.4) is 0 Å². The Balaban J connectivity index is 2.30. The SMILES string of the molecule is CCOC(=O)c1cc(-c2ccccc2OCC)on1. The van der Waals surface area contributed by atoms with E-state index in [1.54, 1.807) is 13.0 Å². The largest absolute Gasteiger partial charge is 0.493 e. The molecule has 0 saturated heterocycles. The van der Waals surface area contributed by atoms with Crippen LogP contribution >= 0.6 is 0 Å². The van der Waals surface area contributed by atoms with Crippen LogP contribution < -0.4 is 4.74 Å². The summed E-state index contributed by atoms with van der Waals surface area (Å²) in [6.07, 6.45) is 0. The first-order valence-electron chi connectivity index (χ1n) is 6.12. The molecule has 2 aromatic rings. The van der Waals surface area contributed by atoms with Crippen LogP contribution in [0.15, 0.2) is 34.9 Å². The number of carbonyl (C=O) groups is 1. The third-order valence-electron chi connectivity index (χ3n) is 2.45. The van der Waals surface area contributed by atoms with E-state index in [1.807, 2.05) is 31.2 Å². The summed E-state index contributed by atoms with van der Waals surface area (Å²) in [7, 11) is 0. The predicted molar refractivity (Wildman–Crippen MR) is 69.1 cm³/mol. The average molecular weight is 261 g/mol. The molecule has 1 aromatic carbocycles. The molecule has 19 heavy (non-hydrogen) atoms. The fraction of sp³-hybridized carbons (Fsp3) is 0.286. The van der Waals surface area contributed by atoms with Crippen LogP contribution in [0.2, 0.25) is 0 Å². The second kappa shape index (κ2) is 6.04. The smallest absolute Gasteiger partial charge is 0.360 e. The molecule has 0 aliphatic heterocycles. The van der Waals surface area contributed by atoms with Crippen molar-refractivity contribution >= 4 is 5.97 Å². The van der Waals surface area contributed by atoms with Crippen molar-refractivity contribution < 1.29 is 18.8 Å². The van der Waals surface area contributed by atoms with Crippen molar-refractivity contribution in [3.63, 3.8) is 0 Å². The highest BCUT2D eigenvalue weighted by molar-refractivity contribution is 5.88. The second-order valence-corrected chi connectivity index (χ2v) is 3.73. The fourth-order valence-electron chi connectivity index (χ4n) is 1.65. The zero-order valence-corrected chi connectivity index (χ0v) is 10.9. The topological polar surface area (TPSA) is 61.6 Å². The molecular formula is C14H15NO4. The van der Waals surface area contributed by atoms with Crippen LogP contribution in [-0.2, 0) is 4.74 Å². The Bertz CT molecular complexity index is 562. The zero-order valence-electron chi connectivity index (χ0n) is 10.9.